The zero-order valence-electron chi connectivity index (χ0n) is 12.8. The van der Waals surface area contributed by atoms with Gasteiger partial charge in [-0.15, -0.1) is 0 Å². The molecule has 0 amide bonds. The highest BCUT2D eigenvalue weighted by atomic mass is 16.5. The fraction of sp³-hybridized carbons (Fsp3) is 0.444. The van der Waals surface area contributed by atoms with Crippen LogP contribution in [0, 0.1) is 5.92 Å². The second kappa shape index (κ2) is 6.35. The molecule has 21 heavy (non-hydrogen) atoms. The summed E-state index contributed by atoms with van der Waals surface area (Å²) in [6, 6.07) is 12.5. The molecule has 1 aromatic heterocycles. The summed E-state index contributed by atoms with van der Waals surface area (Å²) >= 11 is 0. The minimum atomic E-state index is 0.665. The van der Waals surface area contributed by atoms with Crippen LogP contribution in [0.5, 0.6) is 5.75 Å². The Kier molecular flexibility index (Phi) is 4.30. The van der Waals surface area contributed by atoms with Gasteiger partial charge < -0.3 is 14.5 Å². The van der Waals surface area contributed by atoms with Gasteiger partial charge in [0.05, 0.1) is 13.7 Å². The smallest absolute Gasteiger partial charge is 0.118 e. The highest BCUT2D eigenvalue weighted by Crippen LogP contribution is 2.47. The van der Waals surface area contributed by atoms with Gasteiger partial charge >= 0.3 is 0 Å². The van der Waals surface area contributed by atoms with Crippen molar-refractivity contribution in [3.8, 4) is 5.75 Å². The molecular weight excluding hydrogens is 262 g/mol. The Bertz CT molecular complexity index is 573. The Morgan fingerprint density at radius 3 is 2.62 bits per heavy atom. The predicted octanol–water partition coefficient (Wildman–Crippen LogP) is 3.74. The van der Waals surface area contributed by atoms with Gasteiger partial charge in [-0.05, 0) is 55.1 Å². The van der Waals surface area contributed by atoms with E-state index in [1.807, 2.05) is 12.1 Å². The van der Waals surface area contributed by atoms with E-state index in [1.54, 1.807) is 7.11 Å². The van der Waals surface area contributed by atoms with Crippen LogP contribution < -0.4 is 10.1 Å². The molecule has 0 bridgehead atoms. The summed E-state index contributed by atoms with van der Waals surface area (Å²) in [5, 5.41) is 3.44. The van der Waals surface area contributed by atoms with Crippen molar-refractivity contribution in [1.29, 1.82) is 0 Å². The van der Waals surface area contributed by atoms with E-state index >= 15 is 0 Å². The van der Waals surface area contributed by atoms with Gasteiger partial charge in [-0.2, -0.15) is 0 Å². The summed E-state index contributed by atoms with van der Waals surface area (Å²) < 4.78 is 11.0. The number of benzene rings is 1. The summed E-state index contributed by atoms with van der Waals surface area (Å²) in [4.78, 5) is 0. The van der Waals surface area contributed by atoms with Crippen LogP contribution in [0.25, 0.3) is 0 Å². The average Bonchev–Trinajstić information content (AvgIpc) is 3.06. The van der Waals surface area contributed by atoms with Crippen LogP contribution in [-0.2, 0) is 13.0 Å². The van der Waals surface area contributed by atoms with Crippen molar-refractivity contribution in [3.05, 3.63) is 53.5 Å². The van der Waals surface area contributed by atoms with Crippen LogP contribution in [0.2, 0.25) is 0 Å². The van der Waals surface area contributed by atoms with Crippen LogP contribution in [0.3, 0.4) is 0 Å². The topological polar surface area (TPSA) is 34.4 Å². The molecule has 1 aliphatic rings. The lowest BCUT2D eigenvalue weighted by Gasteiger charge is -2.05. The molecule has 2 aromatic rings. The van der Waals surface area contributed by atoms with Crippen LogP contribution >= 0.6 is 0 Å². The van der Waals surface area contributed by atoms with E-state index < -0.39 is 0 Å². The Labute approximate surface area is 126 Å². The Morgan fingerprint density at radius 1 is 1.19 bits per heavy atom. The molecule has 3 nitrogen and oxygen atoms in total. The van der Waals surface area contributed by atoms with E-state index in [2.05, 4.69) is 36.5 Å². The first kappa shape index (κ1) is 14.2. The van der Waals surface area contributed by atoms with Crippen molar-refractivity contribution in [1.82, 2.24) is 5.32 Å². The first-order valence-electron chi connectivity index (χ1n) is 7.68. The SMILES string of the molecule is COc1ccc(CCNCc2ccc(C3CC3C)o2)cc1. The molecule has 0 spiro atoms. The molecule has 1 aliphatic carbocycles. The van der Waals surface area contributed by atoms with E-state index in [4.69, 9.17) is 9.15 Å². The summed E-state index contributed by atoms with van der Waals surface area (Å²) in [5.74, 6) is 4.57. The number of nitrogens with one attached hydrogen (secondary N) is 1. The first-order valence-corrected chi connectivity index (χ1v) is 7.68. The Hall–Kier alpha value is -1.74. The Balaban J connectivity index is 1.40. The molecule has 0 saturated heterocycles. The first-order chi connectivity index (χ1) is 10.3. The summed E-state index contributed by atoms with van der Waals surface area (Å²) in [6.45, 7) is 4.03. The van der Waals surface area contributed by atoms with Crippen molar-refractivity contribution < 1.29 is 9.15 Å². The van der Waals surface area contributed by atoms with E-state index in [0.29, 0.717) is 5.92 Å². The quantitative estimate of drug-likeness (QED) is 0.787. The summed E-state index contributed by atoms with van der Waals surface area (Å²) in [6.07, 6.45) is 2.29. The van der Waals surface area contributed by atoms with Gasteiger partial charge in [0.1, 0.15) is 17.3 Å². The fourth-order valence-corrected chi connectivity index (χ4v) is 2.64. The van der Waals surface area contributed by atoms with Crippen LogP contribution in [-0.4, -0.2) is 13.7 Å². The third-order valence-electron chi connectivity index (χ3n) is 4.21. The molecular formula is C18H23NO2. The molecule has 1 saturated carbocycles. The largest absolute Gasteiger partial charge is 0.497 e. The van der Waals surface area contributed by atoms with Crippen LogP contribution in [0.15, 0.2) is 40.8 Å². The molecule has 1 N–H and O–H groups in total. The number of furan rings is 1. The summed E-state index contributed by atoms with van der Waals surface area (Å²) in [7, 11) is 1.69. The highest BCUT2D eigenvalue weighted by molar-refractivity contribution is 5.27. The number of rotatable bonds is 7. The molecule has 0 radical (unpaired) electrons. The lowest BCUT2D eigenvalue weighted by molar-refractivity contribution is 0.414. The molecule has 2 atom stereocenters. The molecule has 0 aliphatic heterocycles. The number of hydrogen-bond donors (Lipinski definition) is 1. The van der Waals surface area contributed by atoms with Gasteiger partial charge in [-0.3, -0.25) is 0 Å². The summed E-state index contributed by atoms with van der Waals surface area (Å²) in [5.41, 5.74) is 1.32. The number of methoxy groups -OCH3 is 1. The second-order valence-corrected chi connectivity index (χ2v) is 5.90. The zero-order chi connectivity index (χ0) is 14.7. The van der Waals surface area contributed by atoms with Gasteiger partial charge in [-0.25, -0.2) is 0 Å². The maximum atomic E-state index is 5.88. The van der Waals surface area contributed by atoms with Crippen molar-refractivity contribution in [2.45, 2.75) is 32.2 Å². The van der Waals surface area contributed by atoms with Gasteiger partial charge in [0.25, 0.3) is 0 Å². The second-order valence-electron chi connectivity index (χ2n) is 5.90. The standard InChI is InChI=1S/C18H23NO2/c1-13-11-17(13)18-8-7-16(21-18)12-19-10-9-14-3-5-15(20-2)6-4-14/h3-8,13,17,19H,9-12H2,1-2H3. The number of ether oxygens (including phenoxy) is 1. The minimum Gasteiger partial charge on any atom is -0.497 e. The molecule has 2 unspecified atom stereocenters. The average molecular weight is 285 g/mol. The molecule has 3 rings (SSSR count). The molecule has 1 heterocycles. The van der Waals surface area contributed by atoms with Crippen LogP contribution in [0.4, 0.5) is 0 Å². The van der Waals surface area contributed by atoms with Gasteiger partial charge in [0.2, 0.25) is 0 Å². The minimum absolute atomic E-state index is 0.665. The third-order valence-corrected chi connectivity index (χ3v) is 4.21. The van der Waals surface area contributed by atoms with Crippen molar-refractivity contribution >= 4 is 0 Å². The lowest BCUT2D eigenvalue weighted by Crippen LogP contribution is -2.16. The predicted molar refractivity (Wildman–Crippen MR) is 83.6 cm³/mol. The van der Waals surface area contributed by atoms with Crippen LogP contribution in [0.1, 0.15) is 36.3 Å². The molecule has 112 valence electrons. The molecule has 1 fully saturated rings. The highest BCUT2D eigenvalue weighted by Gasteiger charge is 2.36. The van der Waals surface area contributed by atoms with Gasteiger partial charge in [0, 0.05) is 5.92 Å². The van der Waals surface area contributed by atoms with E-state index in [1.165, 1.54) is 12.0 Å². The third kappa shape index (κ3) is 3.67. The van der Waals surface area contributed by atoms with Crippen molar-refractivity contribution in [2.24, 2.45) is 5.92 Å². The van der Waals surface area contributed by atoms with Gasteiger partial charge in [-0.1, -0.05) is 19.1 Å². The van der Waals surface area contributed by atoms with Gasteiger partial charge in [0.15, 0.2) is 0 Å². The maximum Gasteiger partial charge on any atom is 0.118 e. The van der Waals surface area contributed by atoms with E-state index in [0.717, 1.165) is 42.7 Å². The number of hydrogen-bond acceptors (Lipinski definition) is 3. The van der Waals surface area contributed by atoms with Crippen molar-refractivity contribution in [3.63, 3.8) is 0 Å². The Morgan fingerprint density at radius 2 is 1.95 bits per heavy atom. The monoisotopic (exact) mass is 285 g/mol. The van der Waals surface area contributed by atoms with E-state index in [9.17, 15) is 0 Å². The zero-order valence-corrected chi connectivity index (χ0v) is 12.8. The molecule has 1 aromatic carbocycles. The maximum absolute atomic E-state index is 5.88. The molecule has 3 heteroatoms. The normalized spacial score (nSPS) is 20.5. The lowest BCUT2D eigenvalue weighted by atomic mass is 10.1. The fourth-order valence-electron chi connectivity index (χ4n) is 2.64. The van der Waals surface area contributed by atoms with E-state index in [-0.39, 0.29) is 0 Å². The van der Waals surface area contributed by atoms with Crippen molar-refractivity contribution in [2.75, 3.05) is 13.7 Å².